The molecular formula is C22H29N3O2. The second-order valence-electron chi connectivity index (χ2n) is 8.75. The molecule has 0 aliphatic heterocycles. The zero-order chi connectivity index (χ0) is 20.4. The lowest BCUT2D eigenvalue weighted by Gasteiger charge is -2.27. The summed E-state index contributed by atoms with van der Waals surface area (Å²) in [5.74, 6) is -0.0523. The van der Waals surface area contributed by atoms with Crippen LogP contribution in [0.5, 0.6) is 5.75 Å². The Kier molecular flexibility index (Phi) is 5.64. The maximum Gasteiger partial charge on any atom is 0.273 e. The molecule has 0 bridgehead atoms. The van der Waals surface area contributed by atoms with Gasteiger partial charge in [-0.05, 0) is 40.7 Å². The molecule has 0 aliphatic carbocycles. The Morgan fingerprint density at radius 1 is 1.04 bits per heavy atom. The van der Waals surface area contributed by atoms with Gasteiger partial charge in [0.2, 0.25) is 0 Å². The minimum absolute atomic E-state index is 0.227. The predicted octanol–water partition coefficient (Wildman–Crippen LogP) is 4.33. The maximum atomic E-state index is 12.2. The molecule has 0 saturated heterocycles. The molecular weight excluding hydrogens is 338 g/mol. The van der Waals surface area contributed by atoms with Crippen molar-refractivity contribution in [2.75, 3.05) is 5.73 Å². The highest BCUT2D eigenvalue weighted by atomic mass is 16.3. The third-order valence-corrected chi connectivity index (χ3v) is 4.33. The van der Waals surface area contributed by atoms with Crippen molar-refractivity contribution in [2.24, 2.45) is 5.10 Å². The van der Waals surface area contributed by atoms with Gasteiger partial charge in [-0.25, -0.2) is 5.43 Å². The Balaban J connectivity index is 2.34. The maximum absolute atomic E-state index is 12.2. The van der Waals surface area contributed by atoms with E-state index in [1.165, 1.54) is 0 Å². The molecule has 27 heavy (non-hydrogen) atoms. The number of phenolic OH excluding ortho intramolecular Hbond substituents is 1. The summed E-state index contributed by atoms with van der Waals surface area (Å²) < 4.78 is 0. The van der Waals surface area contributed by atoms with Crippen LogP contribution in [0.2, 0.25) is 0 Å². The predicted molar refractivity (Wildman–Crippen MR) is 111 cm³/mol. The van der Waals surface area contributed by atoms with Crippen LogP contribution < -0.4 is 11.2 Å². The van der Waals surface area contributed by atoms with Crippen molar-refractivity contribution in [1.82, 2.24) is 5.43 Å². The zero-order valence-corrected chi connectivity index (χ0v) is 16.9. The van der Waals surface area contributed by atoms with E-state index in [4.69, 9.17) is 5.73 Å². The lowest BCUT2D eigenvalue weighted by Crippen LogP contribution is -2.20. The number of aromatic hydroxyl groups is 1. The van der Waals surface area contributed by atoms with Gasteiger partial charge in [-0.15, -0.1) is 0 Å². The molecule has 0 atom stereocenters. The number of hydrogen-bond acceptors (Lipinski definition) is 4. The first kappa shape index (κ1) is 20.5. The number of benzene rings is 2. The minimum atomic E-state index is -0.366. The van der Waals surface area contributed by atoms with Gasteiger partial charge in [-0.2, -0.15) is 5.10 Å². The summed E-state index contributed by atoms with van der Waals surface area (Å²) in [5.41, 5.74) is 11.1. The van der Waals surface area contributed by atoms with E-state index in [1.54, 1.807) is 30.5 Å². The number of nitrogens with two attached hydrogens (primary N) is 1. The number of anilines is 1. The summed E-state index contributed by atoms with van der Waals surface area (Å²) in [7, 11) is 0. The van der Waals surface area contributed by atoms with Crippen molar-refractivity contribution in [1.29, 1.82) is 0 Å². The van der Waals surface area contributed by atoms with E-state index >= 15 is 0 Å². The first-order valence-corrected chi connectivity index (χ1v) is 8.97. The molecule has 5 nitrogen and oxygen atoms in total. The van der Waals surface area contributed by atoms with Gasteiger partial charge in [-0.3, -0.25) is 4.79 Å². The fourth-order valence-corrected chi connectivity index (χ4v) is 2.80. The number of nitrogen functional groups attached to an aromatic ring is 1. The molecule has 2 aromatic rings. The number of phenols is 1. The van der Waals surface area contributed by atoms with Crippen LogP contribution in [-0.2, 0) is 10.8 Å². The molecule has 4 N–H and O–H groups in total. The molecule has 0 aromatic heterocycles. The molecule has 0 spiro atoms. The van der Waals surface area contributed by atoms with Crippen LogP contribution >= 0.6 is 0 Å². The lowest BCUT2D eigenvalue weighted by atomic mass is 9.78. The quantitative estimate of drug-likeness (QED) is 0.428. The number of hydrazone groups is 1. The van der Waals surface area contributed by atoms with Crippen LogP contribution in [0, 0.1) is 0 Å². The number of hydrogen-bond donors (Lipinski definition) is 3. The highest BCUT2D eigenvalue weighted by Gasteiger charge is 2.26. The van der Waals surface area contributed by atoms with Crippen molar-refractivity contribution < 1.29 is 9.90 Å². The number of carbonyl (C=O) groups excluding carboxylic acids is 1. The summed E-state index contributed by atoms with van der Waals surface area (Å²) in [6.45, 7) is 12.3. The molecule has 0 radical (unpaired) electrons. The fraction of sp³-hybridized carbons (Fsp3) is 0.364. The Hall–Kier alpha value is -2.82. The average Bonchev–Trinajstić information content (AvgIpc) is 2.54. The first-order valence-electron chi connectivity index (χ1n) is 8.97. The number of rotatable bonds is 3. The number of nitrogens with one attached hydrogen (secondary N) is 1. The molecule has 0 heterocycles. The Labute approximate surface area is 161 Å². The number of nitrogens with zero attached hydrogens (tertiary/aromatic N) is 1. The number of carbonyl (C=O) groups is 1. The second kappa shape index (κ2) is 7.43. The van der Waals surface area contributed by atoms with E-state index in [2.05, 4.69) is 52.1 Å². The van der Waals surface area contributed by atoms with Crippen LogP contribution in [0.4, 0.5) is 5.69 Å². The molecule has 0 saturated carbocycles. The molecule has 0 unspecified atom stereocenters. The number of para-hydroxylation sites is 1. The molecule has 144 valence electrons. The van der Waals surface area contributed by atoms with Crippen LogP contribution in [0.3, 0.4) is 0 Å². The molecule has 2 aromatic carbocycles. The largest absolute Gasteiger partial charge is 0.507 e. The topological polar surface area (TPSA) is 87.7 Å². The van der Waals surface area contributed by atoms with Gasteiger partial charge >= 0.3 is 0 Å². The Bertz CT molecular complexity index is 837. The lowest BCUT2D eigenvalue weighted by molar-refractivity contribution is 0.0956. The summed E-state index contributed by atoms with van der Waals surface area (Å²) in [4.78, 5) is 12.2. The van der Waals surface area contributed by atoms with Gasteiger partial charge < -0.3 is 10.8 Å². The Morgan fingerprint density at radius 2 is 1.56 bits per heavy atom. The SMILES string of the molecule is CC(C)(C)c1cc(/C=N\NC(=O)c2ccccc2N)cc(C(C)(C)C)c1O. The van der Waals surface area contributed by atoms with Gasteiger partial charge in [0, 0.05) is 16.8 Å². The number of amides is 1. The van der Waals surface area contributed by atoms with E-state index in [0.717, 1.165) is 16.7 Å². The van der Waals surface area contributed by atoms with Gasteiger partial charge in [0.15, 0.2) is 0 Å². The summed E-state index contributed by atoms with van der Waals surface area (Å²) >= 11 is 0. The van der Waals surface area contributed by atoms with E-state index in [-0.39, 0.29) is 16.7 Å². The van der Waals surface area contributed by atoms with Gasteiger partial charge in [0.25, 0.3) is 5.91 Å². The van der Waals surface area contributed by atoms with Crippen molar-refractivity contribution in [3.63, 3.8) is 0 Å². The summed E-state index contributed by atoms with van der Waals surface area (Å²) in [5, 5.41) is 14.8. The van der Waals surface area contributed by atoms with E-state index in [1.807, 2.05) is 12.1 Å². The third-order valence-electron chi connectivity index (χ3n) is 4.33. The Morgan fingerprint density at radius 3 is 2.04 bits per heavy atom. The second-order valence-corrected chi connectivity index (χ2v) is 8.75. The average molecular weight is 367 g/mol. The third kappa shape index (κ3) is 4.88. The zero-order valence-electron chi connectivity index (χ0n) is 16.9. The van der Waals surface area contributed by atoms with Crippen molar-refractivity contribution in [2.45, 2.75) is 52.4 Å². The van der Waals surface area contributed by atoms with Gasteiger partial charge in [-0.1, -0.05) is 53.7 Å². The monoisotopic (exact) mass is 367 g/mol. The molecule has 5 heteroatoms. The fourth-order valence-electron chi connectivity index (χ4n) is 2.80. The van der Waals surface area contributed by atoms with Crippen LogP contribution in [0.25, 0.3) is 0 Å². The smallest absolute Gasteiger partial charge is 0.273 e. The van der Waals surface area contributed by atoms with Crippen LogP contribution in [0.15, 0.2) is 41.5 Å². The van der Waals surface area contributed by atoms with Gasteiger partial charge in [0.05, 0.1) is 11.8 Å². The minimum Gasteiger partial charge on any atom is -0.507 e. The van der Waals surface area contributed by atoms with E-state index in [9.17, 15) is 9.90 Å². The molecule has 1 amide bonds. The van der Waals surface area contributed by atoms with Gasteiger partial charge in [0.1, 0.15) is 5.75 Å². The highest BCUT2D eigenvalue weighted by Crippen LogP contribution is 2.39. The normalized spacial score (nSPS) is 12.4. The van der Waals surface area contributed by atoms with E-state index < -0.39 is 0 Å². The van der Waals surface area contributed by atoms with Crippen molar-refractivity contribution in [3.05, 3.63) is 58.7 Å². The molecule has 0 aliphatic rings. The standard InChI is InChI=1S/C22H29N3O2/c1-21(2,3)16-11-14(12-17(19(16)26)22(4,5)6)13-24-25-20(27)15-9-7-8-10-18(15)23/h7-13,26H,23H2,1-6H3,(H,25,27)/b24-13-. The van der Waals surface area contributed by atoms with Crippen LogP contribution in [-0.4, -0.2) is 17.2 Å². The van der Waals surface area contributed by atoms with Crippen LogP contribution in [0.1, 0.15) is 68.6 Å². The first-order chi connectivity index (χ1) is 12.4. The van der Waals surface area contributed by atoms with Crippen molar-refractivity contribution >= 4 is 17.8 Å². The van der Waals surface area contributed by atoms with Crippen molar-refractivity contribution in [3.8, 4) is 5.75 Å². The summed E-state index contributed by atoms with van der Waals surface area (Å²) in [6.07, 6.45) is 1.58. The molecule has 0 fully saturated rings. The summed E-state index contributed by atoms with van der Waals surface area (Å²) in [6, 6.07) is 10.6. The molecule has 2 rings (SSSR count). The van der Waals surface area contributed by atoms with E-state index in [0.29, 0.717) is 17.0 Å². The highest BCUT2D eigenvalue weighted by molar-refractivity contribution is 5.99.